The van der Waals surface area contributed by atoms with Crippen molar-refractivity contribution in [2.75, 3.05) is 13.4 Å². The number of aromatic nitrogens is 2. The highest BCUT2D eigenvalue weighted by Crippen LogP contribution is 2.36. The van der Waals surface area contributed by atoms with Gasteiger partial charge in [0.15, 0.2) is 11.5 Å². The van der Waals surface area contributed by atoms with Crippen LogP contribution in [0, 0.1) is 0 Å². The monoisotopic (exact) mass is 400 g/mol. The molecule has 3 rings (SSSR count). The number of rotatable bonds is 7. The predicted octanol–water partition coefficient (Wildman–Crippen LogP) is 3.16. The van der Waals surface area contributed by atoms with Crippen LogP contribution in [-0.2, 0) is 22.5 Å². The fourth-order valence-corrected chi connectivity index (χ4v) is 2.99. The Morgan fingerprint density at radius 2 is 2.07 bits per heavy atom. The SMILES string of the molecule is CCOC(=O)CC(Cc1cc(O)n(CC(F)(F)F)n1)c1ccc2c(c1)OCO2. The van der Waals surface area contributed by atoms with Crippen LogP contribution in [0.2, 0.25) is 0 Å². The van der Waals surface area contributed by atoms with Gasteiger partial charge in [-0.25, -0.2) is 4.68 Å². The number of ether oxygens (including phenoxy) is 3. The third-order valence-electron chi connectivity index (χ3n) is 4.18. The van der Waals surface area contributed by atoms with E-state index in [2.05, 4.69) is 5.10 Å². The number of alkyl halides is 3. The van der Waals surface area contributed by atoms with Gasteiger partial charge in [0.25, 0.3) is 0 Å². The van der Waals surface area contributed by atoms with Crippen LogP contribution in [0.4, 0.5) is 13.2 Å². The molecular formula is C18H19F3N2O5. The lowest BCUT2D eigenvalue weighted by atomic mass is 9.91. The second kappa shape index (κ2) is 7.99. The summed E-state index contributed by atoms with van der Waals surface area (Å²) in [5.74, 6) is -0.360. The molecular weight excluding hydrogens is 381 g/mol. The molecule has 0 spiro atoms. The molecule has 7 nitrogen and oxygen atoms in total. The zero-order valence-corrected chi connectivity index (χ0v) is 15.0. The van der Waals surface area contributed by atoms with Gasteiger partial charge in [-0.05, 0) is 31.0 Å². The molecule has 28 heavy (non-hydrogen) atoms. The number of benzene rings is 1. The second-order valence-corrected chi connectivity index (χ2v) is 6.29. The van der Waals surface area contributed by atoms with Gasteiger partial charge in [-0.15, -0.1) is 0 Å². The molecule has 0 saturated heterocycles. The van der Waals surface area contributed by atoms with Gasteiger partial charge >= 0.3 is 12.1 Å². The Hall–Kier alpha value is -2.91. The highest BCUT2D eigenvalue weighted by molar-refractivity contribution is 5.70. The van der Waals surface area contributed by atoms with Crippen molar-refractivity contribution in [2.24, 2.45) is 0 Å². The Morgan fingerprint density at radius 3 is 2.79 bits per heavy atom. The maximum Gasteiger partial charge on any atom is 0.408 e. The Kier molecular flexibility index (Phi) is 5.66. The summed E-state index contributed by atoms with van der Waals surface area (Å²) in [5, 5.41) is 13.6. The van der Waals surface area contributed by atoms with E-state index in [1.165, 1.54) is 0 Å². The van der Waals surface area contributed by atoms with E-state index in [0.29, 0.717) is 16.2 Å². The predicted molar refractivity (Wildman–Crippen MR) is 90.2 cm³/mol. The summed E-state index contributed by atoms with van der Waals surface area (Å²) >= 11 is 0. The van der Waals surface area contributed by atoms with Crippen molar-refractivity contribution in [1.29, 1.82) is 0 Å². The number of nitrogens with zero attached hydrogens (tertiary/aromatic N) is 2. The van der Waals surface area contributed by atoms with E-state index < -0.39 is 30.5 Å². The van der Waals surface area contributed by atoms with Gasteiger partial charge in [0.2, 0.25) is 12.7 Å². The van der Waals surface area contributed by atoms with Gasteiger partial charge in [-0.2, -0.15) is 18.3 Å². The molecule has 2 heterocycles. The van der Waals surface area contributed by atoms with Gasteiger partial charge in [0.05, 0.1) is 18.7 Å². The van der Waals surface area contributed by atoms with Crippen molar-refractivity contribution in [3.05, 3.63) is 35.5 Å². The maximum atomic E-state index is 12.6. The van der Waals surface area contributed by atoms with Gasteiger partial charge < -0.3 is 19.3 Å². The number of carbonyl (C=O) groups excluding carboxylic acids is 1. The van der Waals surface area contributed by atoms with Crippen molar-refractivity contribution >= 4 is 5.97 Å². The summed E-state index contributed by atoms with van der Waals surface area (Å²) in [6.07, 6.45) is -4.38. The Bertz CT molecular complexity index is 850. The molecule has 1 aromatic heterocycles. The molecule has 1 aromatic carbocycles. The van der Waals surface area contributed by atoms with Crippen molar-refractivity contribution in [3.8, 4) is 17.4 Å². The third kappa shape index (κ3) is 4.87. The summed E-state index contributed by atoms with van der Waals surface area (Å²) in [4.78, 5) is 12.0. The number of aromatic hydroxyl groups is 1. The quantitative estimate of drug-likeness (QED) is 0.719. The van der Waals surface area contributed by atoms with E-state index in [4.69, 9.17) is 14.2 Å². The zero-order valence-electron chi connectivity index (χ0n) is 15.0. The minimum absolute atomic E-state index is 0.000374. The largest absolute Gasteiger partial charge is 0.493 e. The number of carbonyl (C=O) groups is 1. The summed E-state index contributed by atoms with van der Waals surface area (Å²) in [7, 11) is 0. The van der Waals surface area contributed by atoms with E-state index in [0.717, 1.165) is 11.6 Å². The average molecular weight is 400 g/mol. The molecule has 0 aliphatic carbocycles. The van der Waals surface area contributed by atoms with E-state index in [-0.39, 0.29) is 31.9 Å². The summed E-state index contributed by atoms with van der Waals surface area (Å²) < 4.78 is 53.8. The van der Waals surface area contributed by atoms with Crippen LogP contribution in [0.25, 0.3) is 0 Å². The average Bonchev–Trinajstić information content (AvgIpc) is 3.19. The number of hydrogen-bond acceptors (Lipinski definition) is 6. The first-order valence-corrected chi connectivity index (χ1v) is 8.62. The third-order valence-corrected chi connectivity index (χ3v) is 4.18. The van der Waals surface area contributed by atoms with Crippen LogP contribution >= 0.6 is 0 Å². The van der Waals surface area contributed by atoms with E-state index in [9.17, 15) is 23.1 Å². The number of halogens is 3. The highest BCUT2D eigenvalue weighted by atomic mass is 19.4. The number of esters is 1. The first-order chi connectivity index (χ1) is 13.2. The van der Waals surface area contributed by atoms with E-state index >= 15 is 0 Å². The molecule has 1 aliphatic rings. The lowest BCUT2D eigenvalue weighted by molar-refractivity contribution is -0.144. The molecule has 2 aromatic rings. The van der Waals surface area contributed by atoms with Crippen LogP contribution in [0.5, 0.6) is 17.4 Å². The number of fused-ring (bicyclic) bond motifs is 1. The van der Waals surface area contributed by atoms with Gasteiger partial charge in [-0.1, -0.05) is 6.07 Å². The molecule has 1 aliphatic heterocycles. The molecule has 0 radical (unpaired) electrons. The van der Waals surface area contributed by atoms with Crippen molar-refractivity contribution in [1.82, 2.24) is 9.78 Å². The lowest BCUT2D eigenvalue weighted by Gasteiger charge is -2.16. The van der Waals surface area contributed by atoms with Crippen LogP contribution in [0.1, 0.15) is 30.5 Å². The van der Waals surface area contributed by atoms with Gasteiger partial charge in [-0.3, -0.25) is 4.79 Å². The first-order valence-electron chi connectivity index (χ1n) is 8.62. The summed E-state index contributed by atoms with van der Waals surface area (Å²) in [6, 6.07) is 6.34. The van der Waals surface area contributed by atoms with Gasteiger partial charge in [0, 0.05) is 12.0 Å². The molecule has 10 heteroatoms. The minimum atomic E-state index is -4.51. The van der Waals surface area contributed by atoms with Crippen molar-refractivity contribution < 1.29 is 37.3 Å². The lowest BCUT2D eigenvalue weighted by Crippen LogP contribution is -2.18. The molecule has 0 saturated carbocycles. The Morgan fingerprint density at radius 1 is 1.32 bits per heavy atom. The maximum absolute atomic E-state index is 12.6. The molecule has 0 amide bonds. The van der Waals surface area contributed by atoms with Crippen LogP contribution in [0.15, 0.2) is 24.3 Å². The Balaban J connectivity index is 1.83. The molecule has 1 unspecified atom stereocenters. The fourth-order valence-electron chi connectivity index (χ4n) is 2.99. The van der Waals surface area contributed by atoms with Gasteiger partial charge in [0.1, 0.15) is 6.54 Å². The van der Waals surface area contributed by atoms with Crippen LogP contribution in [0.3, 0.4) is 0 Å². The minimum Gasteiger partial charge on any atom is -0.493 e. The molecule has 0 bridgehead atoms. The van der Waals surface area contributed by atoms with Crippen LogP contribution < -0.4 is 9.47 Å². The molecule has 0 fully saturated rings. The van der Waals surface area contributed by atoms with E-state index in [1.807, 2.05) is 0 Å². The first kappa shape index (κ1) is 19.8. The zero-order chi connectivity index (χ0) is 20.3. The topological polar surface area (TPSA) is 82.8 Å². The number of hydrogen-bond donors (Lipinski definition) is 1. The van der Waals surface area contributed by atoms with Crippen molar-refractivity contribution in [3.63, 3.8) is 0 Å². The molecule has 1 atom stereocenters. The summed E-state index contributed by atoms with van der Waals surface area (Å²) in [5.41, 5.74) is 0.955. The second-order valence-electron chi connectivity index (χ2n) is 6.29. The smallest absolute Gasteiger partial charge is 0.408 e. The van der Waals surface area contributed by atoms with E-state index in [1.54, 1.807) is 25.1 Å². The van der Waals surface area contributed by atoms with Crippen molar-refractivity contribution in [2.45, 2.75) is 38.4 Å². The normalized spacial score (nSPS) is 14.1. The Labute approximate surface area is 158 Å². The fraction of sp³-hybridized carbons (Fsp3) is 0.444. The standard InChI is InChI=1S/C18H19F3N2O5/c1-2-26-17(25)7-12(11-3-4-14-15(6-11)28-10-27-14)5-13-8-16(24)23(22-13)9-18(19,20)21/h3-4,6,8,12,24H,2,5,7,9-10H2,1H3. The molecule has 1 N–H and O–H groups in total. The highest BCUT2D eigenvalue weighted by Gasteiger charge is 2.30. The molecule has 152 valence electrons. The summed E-state index contributed by atoms with van der Waals surface area (Å²) in [6.45, 7) is 0.598. The van der Waals surface area contributed by atoms with Crippen LogP contribution in [-0.4, -0.2) is 40.4 Å².